The molecule has 1 aromatic carbocycles. The van der Waals surface area contributed by atoms with E-state index in [2.05, 4.69) is 16.0 Å². The van der Waals surface area contributed by atoms with E-state index in [1.165, 1.54) is 5.39 Å². The van der Waals surface area contributed by atoms with E-state index in [1.54, 1.807) is 6.26 Å². The van der Waals surface area contributed by atoms with E-state index in [1.807, 2.05) is 30.5 Å². The van der Waals surface area contributed by atoms with Crippen LogP contribution >= 0.6 is 0 Å². The third-order valence-corrected chi connectivity index (χ3v) is 2.96. The second-order valence-electron chi connectivity index (χ2n) is 3.85. The van der Waals surface area contributed by atoms with E-state index >= 15 is 0 Å². The van der Waals surface area contributed by atoms with Crippen molar-refractivity contribution in [3.63, 3.8) is 0 Å². The molecule has 0 fully saturated rings. The molecule has 1 N–H and O–H groups in total. The molecule has 16 heavy (non-hydrogen) atoms. The van der Waals surface area contributed by atoms with Gasteiger partial charge in [-0.05, 0) is 12.1 Å². The van der Waals surface area contributed by atoms with E-state index in [4.69, 9.17) is 4.42 Å². The summed E-state index contributed by atoms with van der Waals surface area (Å²) in [5.41, 5.74) is 2.85. The number of furan rings is 1. The average molecular weight is 208 g/mol. The molecule has 0 saturated carbocycles. The highest BCUT2D eigenvalue weighted by Gasteiger charge is 2.09. The van der Waals surface area contributed by atoms with Crippen molar-refractivity contribution in [1.82, 2.24) is 9.97 Å². The first-order chi connectivity index (χ1) is 7.93. The van der Waals surface area contributed by atoms with Crippen molar-refractivity contribution < 1.29 is 4.42 Å². The normalized spacial score (nSPS) is 11.8. The highest BCUT2D eigenvalue weighted by atomic mass is 16.3. The topological polar surface area (TPSA) is 41.8 Å². The molecule has 0 unspecified atom stereocenters. The van der Waals surface area contributed by atoms with Gasteiger partial charge in [-0.15, -0.1) is 0 Å². The number of aromatic nitrogens is 2. The minimum atomic E-state index is 0.813. The molecule has 0 aliphatic carbocycles. The van der Waals surface area contributed by atoms with Crippen molar-refractivity contribution in [2.75, 3.05) is 0 Å². The molecule has 0 amide bonds. The number of aromatic amines is 1. The summed E-state index contributed by atoms with van der Waals surface area (Å²) in [4.78, 5) is 7.63. The molecule has 4 aromatic rings. The van der Waals surface area contributed by atoms with Crippen LogP contribution in [0.2, 0.25) is 0 Å². The predicted octanol–water partition coefficient (Wildman–Crippen LogP) is 3.46. The molecule has 3 aromatic heterocycles. The Morgan fingerprint density at radius 3 is 3.00 bits per heavy atom. The van der Waals surface area contributed by atoms with Crippen molar-refractivity contribution in [3.8, 4) is 0 Å². The van der Waals surface area contributed by atoms with Gasteiger partial charge in [0, 0.05) is 16.2 Å². The lowest BCUT2D eigenvalue weighted by molar-refractivity contribution is 0.605. The molecular formula is C13H8N2O. The van der Waals surface area contributed by atoms with Crippen LogP contribution in [0.4, 0.5) is 0 Å². The lowest BCUT2D eigenvalue weighted by Crippen LogP contribution is -1.78. The smallest absolute Gasteiger partial charge is 0.205 e. The molecule has 3 heterocycles. The summed E-state index contributed by atoms with van der Waals surface area (Å²) in [6.45, 7) is 0. The van der Waals surface area contributed by atoms with E-state index in [9.17, 15) is 0 Å². The first kappa shape index (κ1) is 7.93. The maximum absolute atomic E-state index is 5.37. The standard InChI is InChI=1S/C13H8N2O/c1-2-4-10-8(3-1)12-9-5-6-16-13(9)15-11(12)7-14-10/h1-7,15H. The predicted molar refractivity (Wildman–Crippen MR) is 63.4 cm³/mol. The summed E-state index contributed by atoms with van der Waals surface area (Å²) < 4.78 is 5.37. The fraction of sp³-hybridized carbons (Fsp3) is 0. The lowest BCUT2D eigenvalue weighted by atomic mass is 10.1. The van der Waals surface area contributed by atoms with Gasteiger partial charge in [0.05, 0.1) is 23.5 Å². The van der Waals surface area contributed by atoms with Gasteiger partial charge in [0.2, 0.25) is 5.71 Å². The van der Waals surface area contributed by atoms with Crippen LogP contribution in [-0.4, -0.2) is 9.97 Å². The fourth-order valence-electron chi connectivity index (χ4n) is 2.25. The molecule has 0 atom stereocenters. The van der Waals surface area contributed by atoms with Crippen molar-refractivity contribution in [2.24, 2.45) is 0 Å². The third-order valence-electron chi connectivity index (χ3n) is 2.96. The average Bonchev–Trinajstić information content (AvgIpc) is 2.88. The van der Waals surface area contributed by atoms with Gasteiger partial charge in [0.1, 0.15) is 0 Å². The van der Waals surface area contributed by atoms with Gasteiger partial charge in [-0.1, -0.05) is 18.2 Å². The second kappa shape index (κ2) is 2.64. The van der Waals surface area contributed by atoms with Gasteiger partial charge in [-0.2, -0.15) is 0 Å². The largest absolute Gasteiger partial charge is 0.448 e. The first-order valence-corrected chi connectivity index (χ1v) is 5.16. The summed E-state index contributed by atoms with van der Waals surface area (Å²) in [7, 11) is 0. The molecule has 0 aliphatic rings. The van der Waals surface area contributed by atoms with Crippen LogP contribution in [0.15, 0.2) is 47.2 Å². The highest BCUT2D eigenvalue weighted by Crippen LogP contribution is 2.31. The van der Waals surface area contributed by atoms with Crippen LogP contribution in [0.3, 0.4) is 0 Å². The van der Waals surface area contributed by atoms with Gasteiger partial charge in [0.15, 0.2) is 0 Å². The van der Waals surface area contributed by atoms with Crippen molar-refractivity contribution in [1.29, 1.82) is 0 Å². The Balaban J connectivity index is 2.41. The summed E-state index contributed by atoms with van der Waals surface area (Å²) in [6.07, 6.45) is 3.56. The maximum atomic E-state index is 5.37. The number of H-pyrrole nitrogens is 1. The number of nitrogens with one attached hydrogen (secondary N) is 1. The zero-order chi connectivity index (χ0) is 10.5. The van der Waals surface area contributed by atoms with Crippen LogP contribution in [0.5, 0.6) is 0 Å². The van der Waals surface area contributed by atoms with Crippen LogP contribution in [0.25, 0.3) is 32.9 Å². The van der Waals surface area contributed by atoms with Crippen molar-refractivity contribution in [3.05, 3.63) is 42.8 Å². The molecule has 0 spiro atoms. The summed E-state index contributed by atoms with van der Waals surface area (Å²) in [5, 5.41) is 3.47. The zero-order valence-electron chi connectivity index (χ0n) is 8.40. The molecule has 3 heteroatoms. The first-order valence-electron chi connectivity index (χ1n) is 5.16. The quantitative estimate of drug-likeness (QED) is 0.480. The van der Waals surface area contributed by atoms with Crippen LogP contribution < -0.4 is 0 Å². The Morgan fingerprint density at radius 2 is 2.00 bits per heavy atom. The number of para-hydroxylation sites is 1. The zero-order valence-corrected chi connectivity index (χ0v) is 8.40. The number of fused-ring (bicyclic) bond motifs is 5. The van der Waals surface area contributed by atoms with E-state index in [-0.39, 0.29) is 0 Å². The summed E-state index contributed by atoms with van der Waals surface area (Å²) in [6, 6.07) is 10.1. The molecule has 0 bridgehead atoms. The van der Waals surface area contributed by atoms with Gasteiger partial charge in [0.25, 0.3) is 0 Å². The molecular weight excluding hydrogens is 200 g/mol. The SMILES string of the molecule is c1ccc2c(c1)ncc1[nH]c3occc3c12. The van der Waals surface area contributed by atoms with E-state index < -0.39 is 0 Å². The van der Waals surface area contributed by atoms with Crippen molar-refractivity contribution >= 4 is 32.9 Å². The Hall–Kier alpha value is -2.29. The number of nitrogens with zero attached hydrogens (tertiary/aromatic N) is 1. The van der Waals surface area contributed by atoms with Gasteiger partial charge in [-0.3, -0.25) is 4.98 Å². The lowest BCUT2D eigenvalue weighted by Gasteiger charge is -1.97. The van der Waals surface area contributed by atoms with E-state index in [0.29, 0.717) is 0 Å². The second-order valence-corrected chi connectivity index (χ2v) is 3.85. The highest BCUT2D eigenvalue weighted by molar-refractivity contribution is 6.18. The van der Waals surface area contributed by atoms with Gasteiger partial charge < -0.3 is 9.40 Å². The number of hydrogen-bond donors (Lipinski definition) is 1. The Kier molecular flexibility index (Phi) is 1.31. The number of benzene rings is 1. The minimum Gasteiger partial charge on any atom is -0.448 e. The summed E-state index contributed by atoms with van der Waals surface area (Å²) >= 11 is 0. The van der Waals surface area contributed by atoms with Crippen LogP contribution in [0.1, 0.15) is 0 Å². The Bertz CT molecular complexity index is 810. The fourth-order valence-corrected chi connectivity index (χ4v) is 2.25. The Morgan fingerprint density at radius 1 is 1.06 bits per heavy atom. The maximum Gasteiger partial charge on any atom is 0.205 e. The van der Waals surface area contributed by atoms with Gasteiger partial charge >= 0.3 is 0 Å². The van der Waals surface area contributed by atoms with Crippen LogP contribution in [-0.2, 0) is 0 Å². The third kappa shape index (κ3) is 0.852. The van der Waals surface area contributed by atoms with Crippen LogP contribution in [0, 0.1) is 0 Å². The Labute approximate surface area is 90.7 Å². The van der Waals surface area contributed by atoms with Gasteiger partial charge in [-0.25, -0.2) is 0 Å². The van der Waals surface area contributed by atoms with E-state index in [0.717, 1.165) is 27.5 Å². The molecule has 0 saturated heterocycles. The number of rotatable bonds is 0. The molecule has 4 rings (SSSR count). The molecule has 0 aliphatic heterocycles. The number of hydrogen-bond acceptors (Lipinski definition) is 2. The van der Waals surface area contributed by atoms with Crippen molar-refractivity contribution in [2.45, 2.75) is 0 Å². The number of pyridine rings is 1. The molecule has 0 radical (unpaired) electrons. The minimum absolute atomic E-state index is 0.813. The molecule has 3 nitrogen and oxygen atoms in total. The monoisotopic (exact) mass is 208 g/mol. The molecule has 76 valence electrons. The summed E-state index contributed by atoms with van der Waals surface area (Å²) in [5.74, 6) is 0.